The number of hydrogen-bond donors (Lipinski definition) is 2. The summed E-state index contributed by atoms with van der Waals surface area (Å²) >= 11 is 6.19. The highest BCUT2D eigenvalue weighted by Crippen LogP contribution is 2.32. The van der Waals surface area contributed by atoms with Gasteiger partial charge in [-0.2, -0.15) is 4.98 Å². The Morgan fingerprint density at radius 1 is 1.00 bits per heavy atom. The third-order valence-corrected chi connectivity index (χ3v) is 4.70. The molecule has 0 saturated carbocycles. The lowest BCUT2D eigenvalue weighted by Crippen LogP contribution is -2.07. The molecule has 3 rings (SSSR count). The first-order valence-electron chi connectivity index (χ1n) is 8.71. The number of ether oxygens (including phenoxy) is 1. The monoisotopic (exact) mass is 382 g/mol. The lowest BCUT2D eigenvalue weighted by molar-refractivity contribution is 0.416. The van der Waals surface area contributed by atoms with E-state index in [4.69, 9.17) is 16.3 Å². The molecule has 0 aliphatic heterocycles. The van der Waals surface area contributed by atoms with E-state index in [-0.39, 0.29) is 0 Å². The summed E-state index contributed by atoms with van der Waals surface area (Å²) in [5.41, 5.74) is 5.08. The van der Waals surface area contributed by atoms with Crippen LogP contribution in [0.3, 0.4) is 0 Å². The molecule has 3 aromatic rings. The quantitative estimate of drug-likeness (QED) is 0.596. The molecule has 0 unspecified atom stereocenters. The first-order chi connectivity index (χ1) is 13.0. The van der Waals surface area contributed by atoms with E-state index in [1.54, 1.807) is 13.2 Å². The van der Waals surface area contributed by atoms with Gasteiger partial charge in [0.05, 0.1) is 12.8 Å². The fraction of sp³-hybridized carbons (Fsp3) is 0.238. The van der Waals surface area contributed by atoms with Crippen LogP contribution in [0.25, 0.3) is 0 Å². The average molecular weight is 383 g/mol. The van der Waals surface area contributed by atoms with Gasteiger partial charge in [0.15, 0.2) is 0 Å². The van der Waals surface area contributed by atoms with Crippen molar-refractivity contribution in [1.29, 1.82) is 0 Å². The van der Waals surface area contributed by atoms with Crippen LogP contribution >= 0.6 is 11.6 Å². The number of methoxy groups -OCH3 is 1. The van der Waals surface area contributed by atoms with Gasteiger partial charge in [0.2, 0.25) is 5.95 Å². The Morgan fingerprint density at radius 3 is 2.52 bits per heavy atom. The van der Waals surface area contributed by atoms with E-state index in [1.165, 1.54) is 11.1 Å². The molecular weight excluding hydrogens is 360 g/mol. The van der Waals surface area contributed by atoms with Gasteiger partial charge in [-0.1, -0.05) is 35.9 Å². The summed E-state index contributed by atoms with van der Waals surface area (Å²) < 4.78 is 5.43. The van der Waals surface area contributed by atoms with Gasteiger partial charge in [-0.25, -0.2) is 4.98 Å². The molecule has 0 bridgehead atoms. The van der Waals surface area contributed by atoms with Crippen LogP contribution < -0.4 is 15.4 Å². The summed E-state index contributed by atoms with van der Waals surface area (Å²) in [5.74, 6) is 1.93. The molecule has 0 saturated heterocycles. The van der Waals surface area contributed by atoms with Crippen molar-refractivity contribution in [1.82, 2.24) is 9.97 Å². The Balaban J connectivity index is 1.82. The minimum Gasteiger partial charge on any atom is -0.495 e. The molecule has 0 fully saturated rings. The van der Waals surface area contributed by atoms with E-state index in [2.05, 4.69) is 39.7 Å². The molecule has 27 heavy (non-hydrogen) atoms. The zero-order valence-corrected chi connectivity index (χ0v) is 16.7. The second-order valence-electron chi connectivity index (χ2n) is 6.42. The molecule has 2 aromatic carbocycles. The number of anilines is 3. The van der Waals surface area contributed by atoms with E-state index in [1.807, 2.05) is 38.1 Å². The molecule has 0 amide bonds. The van der Waals surface area contributed by atoms with Crippen LogP contribution in [0.5, 0.6) is 5.75 Å². The number of benzene rings is 2. The van der Waals surface area contributed by atoms with Crippen molar-refractivity contribution >= 4 is 29.1 Å². The molecule has 5 nitrogen and oxygen atoms in total. The molecule has 2 N–H and O–H groups in total. The van der Waals surface area contributed by atoms with Crippen LogP contribution in [0.15, 0.2) is 42.5 Å². The number of halogens is 1. The van der Waals surface area contributed by atoms with Crippen LogP contribution in [0.4, 0.5) is 17.5 Å². The van der Waals surface area contributed by atoms with E-state index in [0.717, 1.165) is 16.9 Å². The first kappa shape index (κ1) is 19.0. The van der Waals surface area contributed by atoms with Gasteiger partial charge in [-0.15, -0.1) is 0 Å². The zero-order chi connectivity index (χ0) is 19.4. The lowest BCUT2D eigenvalue weighted by atomic mass is 10.1. The highest BCUT2D eigenvalue weighted by molar-refractivity contribution is 6.31. The smallest absolute Gasteiger partial charge is 0.225 e. The number of rotatable bonds is 6. The standard InChI is InChI=1S/C21H23ClN4O/c1-13-7-5-6-8-16(13)12-23-21-24-15(3)10-20(26-21)25-18-9-14(2)17(22)11-19(18)27-4/h5-11H,12H2,1-4H3,(H2,23,24,25,26). The van der Waals surface area contributed by atoms with Crippen LogP contribution in [0, 0.1) is 20.8 Å². The minimum atomic E-state index is 0.574. The fourth-order valence-corrected chi connectivity index (χ4v) is 2.92. The normalized spacial score (nSPS) is 10.6. The van der Waals surface area contributed by atoms with Crippen molar-refractivity contribution in [2.75, 3.05) is 17.7 Å². The maximum atomic E-state index is 6.19. The number of nitrogens with zero attached hydrogens (tertiary/aromatic N) is 2. The minimum absolute atomic E-state index is 0.574. The highest BCUT2D eigenvalue weighted by Gasteiger charge is 2.10. The van der Waals surface area contributed by atoms with Crippen LogP contribution in [0.1, 0.15) is 22.4 Å². The van der Waals surface area contributed by atoms with Crippen molar-refractivity contribution in [3.8, 4) is 5.75 Å². The van der Waals surface area contributed by atoms with Crippen molar-refractivity contribution in [2.45, 2.75) is 27.3 Å². The van der Waals surface area contributed by atoms with Gasteiger partial charge in [0.25, 0.3) is 0 Å². The molecule has 1 aromatic heterocycles. The SMILES string of the molecule is COc1cc(Cl)c(C)cc1Nc1cc(C)nc(NCc2ccccc2C)n1. The first-order valence-corrected chi connectivity index (χ1v) is 9.09. The second-order valence-corrected chi connectivity index (χ2v) is 6.83. The van der Waals surface area contributed by atoms with Crippen LogP contribution in [0.2, 0.25) is 5.02 Å². The molecule has 0 radical (unpaired) electrons. The number of aryl methyl sites for hydroxylation is 3. The molecule has 140 valence electrons. The highest BCUT2D eigenvalue weighted by atomic mass is 35.5. The Hall–Kier alpha value is -2.79. The van der Waals surface area contributed by atoms with Crippen molar-refractivity contribution < 1.29 is 4.74 Å². The number of hydrogen-bond acceptors (Lipinski definition) is 5. The Labute approximate surface area is 164 Å². The summed E-state index contributed by atoms with van der Waals surface area (Å²) in [6.07, 6.45) is 0. The summed E-state index contributed by atoms with van der Waals surface area (Å²) in [6, 6.07) is 13.9. The van der Waals surface area contributed by atoms with Crippen LogP contribution in [-0.4, -0.2) is 17.1 Å². The zero-order valence-electron chi connectivity index (χ0n) is 15.9. The Kier molecular flexibility index (Phi) is 5.81. The second kappa shape index (κ2) is 8.27. The van der Waals surface area contributed by atoms with Gasteiger partial charge in [0.1, 0.15) is 11.6 Å². The Morgan fingerprint density at radius 2 is 1.78 bits per heavy atom. The maximum absolute atomic E-state index is 6.19. The Bertz CT molecular complexity index is 959. The third-order valence-electron chi connectivity index (χ3n) is 4.30. The summed E-state index contributed by atoms with van der Waals surface area (Å²) in [7, 11) is 1.62. The summed E-state index contributed by atoms with van der Waals surface area (Å²) in [6.45, 7) is 6.65. The topological polar surface area (TPSA) is 59.1 Å². The molecule has 0 spiro atoms. The number of nitrogens with one attached hydrogen (secondary N) is 2. The van der Waals surface area contributed by atoms with Crippen molar-refractivity contribution in [3.05, 3.63) is 69.9 Å². The van der Waals surface area contributed by atoms with Gasteiger partial charge in [-0.3, -0.25) is 0 Å². The summed E-state index contributed by atoms with van der Waals surface area (Å²) in [4.78, 5) is 9.06. The molecule has 6 heteroatoms. The molecule has 0 aliphatic carbocycles. The largest absolute Gasteiger partial charge is 0.495 e. The fourth-order valence-electron chi connectivity index (χ4n) is 2.76. The van der Waals surface area contributed by atoms with Crippen molar-refractivity contribution in [2.24, 2.45) is 0 Å². The molecule has 1 heterocycles. The molecular formula is C21H23ClN4O. The molecule has 0 aliphatic rings. The van der Waals surface area contributed by atoms with E-state index in [0.29, 0.717) is 29.1 Å². The average Bonchev–Trinajstić information content (AvgIpc) is 2.63. The van der Waals surface area contributed by atoms with E-state index >= 15 is 0 Å². The van der Waals surface area contributed by atoms with Gasteiger partial charge >= 0.3 is 0 Å². The third kappa shape index (κ3) is 4.68. The van der Waals surface area contributed by atoms with Gasteiger partial charge < -0.3 is 15.4 Å². The van der Waals surface area contributed by atoms with Gasteiger partial charge in [0, 0.05) is 29.4 Å². The lowest BCUT2D eigenvalue weighted by Gasteiger charge is -2.14. The van der Waals surface area contributed by atoms with Crippen molar-refractivity contribution in [3.63, 3.8) is 0 Å². The summed E-state index contributed by atoms with van der Waals surface area (Å²) in [5, 5.41) is 7.27. The predicted molar refractivity (Wildman–Crippen MR) is 111 cm³/mol. The van der Waals surface area contributed by atoms with Crippen LogP contribution in [-0.2, 0) is 6.54 Å². The van der Waals surface area contributed by atoms with E-state index < -0.39 is 0 Å². The molecule has 0 atom stereocenters. The van der Waals surface area contributed by atoms with E-state index in [9.17, 15) is 0 Å². The predicted octanol–water partition coefficient (Wildman–Crippen LogP) is 5.42. The number of aromatic nitrogens is 2. The van der Waals surface area contributed by atoms with Gasteiger partial charge in [-0.05, 0) is 43.5 Å². The maximum Gasteiger partial charge on any atom is 0.225 e.